The van der Waals surface area contributed by atoms with E-state index in [4.69, 9.17) is 16.3 Å². The second kappa shape index (κ2) is 13.7. The SMILES string of the molecule is C[C@@H]1CN(Cc2ccc(F)cc2)[C@@H](C)CN1C(=O)COc1ccc(Cl)cc1CNS(=O)(=O)CCN1C(=O)c2ccccc2C1=O. The number of rotatable bonds is 11. The summed E-state index contributed by atoms with van der Waals surface area (Å²) in [5.41, 5.74) is 1.91. The molecule has 2 aliphatic rings. The number of amides is 3. The molecule has 0 radical (unpaired) electrons. The maximum atomic E-state index is 13.3. The minimum atomic E-state index is -3.92. The number of carbonyl (C=O) groups excluding carboxylic acids is 3. The third kappa shape index (κ3) is 7.70. The summed E-state index contributed by atoms with van der Waals surface area (Å²) in [4.78, 5) is 43.3. The van der Waals surface area contributed by atoms with Gasteiger partial charge in [0.25, 0.3) is 17.7 Å². The molecule has 0 spiro atoms. The predicted molar refractivity (Wildman–Crippen MR) is 167 cm³/mol. The lowest BCUT2D eigenvalue weighted by atomic mass is 10.1. The topological polar surface area (TPSA) is 116 Å². The van der Waals surface area contributed by atoms with E-state index in [0.717, 1.165) is 10.5 Å². The second-order valence-corrected chi connectivity index (χ2v) is 13.7. The predicted octanol–water partition coefficient (Wildman–Crippen LogP) is 3.69. The summed E-state index contributed by atoms with van der Waals surface area (Å²) < 4.78 is 47.3. The zero-order valence-corrected chi connectivity index (χ0v) is 26.5. The molecule has 0 saturated carbocycles. The van der Waals surface area contributed by atoms with Gasteiger partial charge >= 0.3 is 0 Å². The molecule has 0 bridgehead atoms. The molecule has 10 nitrogen and oxygen atoms in total. The van der Waals surface area contributed by atoms with Crippen molar-refractivity contribution in [1.29, 1.82) is 0 Å². The minimum absolute atomic E-state index is 0.0658. The summed E-state index contributed by atoms with van der Waals surface area (Å²) in [6, 6.07) is 17.4. The number of nitrogens with zero attached hydrogens (tertiary/aromatic N) is 3. The van der Waals surface area contributed by atoms with Gasteiger partial charge in [-0.2, -0.15) is 0 Å². The molecule has 1 N–H and O–H groups in total. The number of imide groups is 1. The van der Waals surface area contributed by atoms with Crippen LogP contribution in [0.5, 0.6) is 5.75 Å². The van der Waals surface area contributed by atoms with Crippen LogP contribution in [0.1, 0.15) is 45.7 Å². The largest absolute Gasteiger partial charge is 0.483 e. The van der Waals surface area contributed by atoms with Crippen molar-refractivity contribution in [2.24, 2.45) is 0 Å². The molecule has 2 atom stereocenters. The Kier molecular flexibility index (Phi) is 9.88. The number of sulfonamides is 1. The summed E-state index contributed by atoms with van der Waals surface area (Å²) in [6.07, 6.45) is 0. The van der Waals surface area contributed by atoms with E-state index in [1.54, 1.807) is 47.4 Å². The first-order valence-electron chi connectivity index (χ1n) is 14.5. The van der Waals surface area contributed by atoms with Crippen molar-refractivity contribution in [3.63, 3.8) is 0 Å². The molecule has 0 unspecified atom stereocenters. The maximum Gasteiger partial charge on any atom is 0.261 e. The Bertz CT molecular complexity index is 1670. The fourth-order valence-electron chi connectivity index (χ4n) is 5.55. The van der Waals surface area contributed by atoms with Gasteiger partial charge in [0.15, 0.2) is 6.61 Å². The molecule has 3 aromatic carbocycles. The third-order valence-electron chi connectivity index (χ3n) is 8.05. The fourth-order valence-corrected chi connectivity index (χ4v) is 6.69. The van der Waals surface area contributed by atoms with Gasteiger partial charge in [0.1, 0.15) is 11.6 Å². The molecule has 2 heterocycles. The van der Waals surface area contributed by atoms with Gasteiger partial charge in [-0.15, -0.1) is 0 Å². The van der Waals surface area contributed by atoms with E-state index < -0.39 is 27.6 Å². The molecule has 0 aliphatic carbocycles. The summed E-state index contributed by atoms with van der Waals surface area (Å²) >= 11 is 6.18. The molecule has 3 aromatic rings. The first-order valence-corrected chi connectivity index (χ1v) is 16.6. The highest BCUT2D eigenvalue weighted by Crippen LogP contribution is 2.25. The fraction of sp³-hybridized carbons (Fsp3) is 0.344. The van der Waals surface area contributed by atoms with E-state index in [-0.39, 0.29) is 54.6 Å². The minimum Gasteiger partial charge on any atom is -0.483 e. The van der Waals surface area contributed by atoms with Crippen molar-refractivity contribution in [1.82, 2.24) is 19.4 Å². The van der Waals surface area contributed by atoms with Crippen molar-refractivity contribution < 1.29 is 31.9 Å². The number of piperazine rings is 1. The van der Waals surface area contributed by atoms with Crippen LogP contribution in [0, 0.1) is 5.82 Å². The first-order chi connectivity index (χ1) is 21.4. The number of hydrogen-bond donors (Lipinski definition) is 1. The molecule has 0 aromatic heterocycles. The van der Waals surface area contributed by atoms with E-state index in [9.17, 15) is 27.2 Å². The van der Waals surface area contributed by atoms with Crippen LogP contribution in [-0.4, -0.2) is 84.9 Å². The summed E-state index contributed by atoms with van der Waals surface area (Å²) in [5.74, 6) is -1.74. The van der Waals surface area contributed by atoms with E-state index in [1.165, 1.54) is 24.3 Å². The highest BCUT2D eigenvalue weighted by Gasteiger charge is 2.36. The summed E-state index contributed by atoms with van der Waals surface area (Å²) in [5, 5.41) is 0.355. The quantitative estimate of drug-likeness (QED) is 0.313. The van der Waals surface area contributed by atoms with E-state index in [0.29, 0.717) is 36.0 Å². The second-order valence-electron chi connectivity index (χ2n) is 11.3. The standard InChI is InChI=1S/C32H34ClFN4O6S/c1-21-18-38(22(2)17-36(21)19-23-7-10-26(34)11-8-23)30(39)20-44-29-12-9-25(33)15-24(29)16-35-45(42,43)14-13-37-31(40)27-5-3-4-6-28(27)32(37)41/h3-12,15,21-22,35H,13-14,16-20H2,1-2H3/t21-,22+/m0/s1. The molecule has 13 heteroatoms. The lowest BCUT2D eigenvalue weighted by molar-refractivity contribution is -0.139. The molecule has 238 valence electrons. The Balaban J connectivity index is 1.15. The monoisotopic (exact) mass is 656 g/mol. The van der Waals surface area contributed by atoms with Gasteiger partial charge in [-0.1, -0.05) is 35.9 Å². The van der Waals surface area contributed by atoms with Gasteiger partial charge in [0, 0.05) is 55.4 Å². The molecular formula is C32H34ClFN4O6S. The van der Waals surface area contributed by atoms with Gasteiger partial charge in [-0.3, -0.25) is 24.2 Å². The van der Waals surface area contributed by atoms with Crippen LogP contribution in [0.15, 0.2) is 66.7 Å². The normalized spacial score (nSPS) is 18.8. The van der Waals surface area contributed by atoms with E-state index in [2.05, 4.69) is 9.62 Å². The molecule has 2 aliphatic heterocycles. The maximum absolute atomic E-state index is 13.3. The van der Waals surface area contributed by atoms with Crippen LogP contribution in [0.4, 0.5) is 4.39 Å². The molecule has 1 saturated heterocycles. The highest BCUT2D eigenvalue weighted by atomic mass is 35.5. The lowest BCUT2D eigenvalue weighted by Crippen LogP contribution is -2.58. The van der Waals surface area contributed by atoms with Crippen LogP contribution in [0.25, 0.3) is 0 Å². The van der Waals surface area contributed by atoms with Crippen molar-refractivity contribution in [2.45, 2.75) is 39.0 Å². The number of halogens is 2. The Morgan fingerprint density at radius 3 is 2.31 bits per heavy atom. The van der Waals surface area contributed by atoms with Gasteiger partial charge < -0.3 is 9.64 Å². The van der Waals surface area contributed by atoms with Crippen LogP contribution in [0.2, 0.25) is 5.02 Å². The zero-order valence-electron chi connectivity index (χ0n) is 24.9. The number of ether oxygens (including phenoxy) is 1. The highest BCUT2D eigenvalue weighted by molar-refractivity contribution is 7.89. The lowest BCUT2D eigenvalue weighted by Gasteiger charge is -2.44. The number of carbonyl (C=O) groups is 3. The van der Waals surface area contributed by atoms with Crippen LogP contribution in [0.3, 0.4) is 0 Å². The van der Waals surface area contributed by atoms with Gasteiger partial charge in [0.2, 0.25) is 10.0 Å². The number of benzene rings is 3. The first kappa shape index (κ1) is 32.6. The average Bonchev–Trinajstić information content (AvgIpc) is 3.26. The van der Waals surface area contributed by atoms with Crippen molar-refractivity contribution in [2.75, 3.05) is 32.0 Å². The van der Waals surface area contributed by atoms with Crippen molar-refractivity contribution >= 4 is 39.3 Å². The summed E-state index contributed by atoms with van der Waals surface area (Å²) in [6.45, 7) is 5.04. The molecule has 3 amide bonds. The van der Waals surface area contributed by atoms with Gasteiger partial charge in [0.05, 0.1) is 16.9 Å². The molecule has 1 fully saturated rings. The van der Waals surface area contributed by atoms with Gasteiger partial charge in [-0.05, 0) is 61.9 Å². The summed E-state index contributed by atoms with van der Waals surface area (Å²) in [7, 11) is -3.92. The Morgan fingerprint density at radius 2 is 1.64 bits per heavy atom. The van der Waals surface area contributed by atoms with E-state index >= 15 is 0 Å². The van der Waals surface area contributed by atoms with Gasteiger partial charge in [-0.25, -0.2) is 17.5 Å². The molecule has 45 heavy (non-hydrogen) atoms. The molecule has 5 rings (SSSR count). The van der Waals surface area contributed by atoms with Crippen molar-refractivity contribution in [3.8, 4) is 5.75 Å². The zero-order chi connectivity index (χ0) is 32.3. The third-order valence-corrected chi connectivity index (χ3v) is 9.59. The van der Waals surface area contributed by atoms with Crippen LogP contribution in [-0.2, 0) is 27.9 Å². The Morgan fingerprint density at radius 1 is 0.978 bits per heavy atom. The van der Waals surface area contributed by atoms with Crippen LogP contribution >= 0.6 is 11.6 Å². The average molecular weight is 657 g/mol. The Hall–Kier alpha value is -3.84. The Labute approximate surface area is 266 Å². The smallest absolute Gasteiger partial charge is 0.261 e. The number of hydrogen-bond acceptors (Lipinski definition) is 7. The van der Waals surface area contributed by atoms with Crippen molar-refractivity contribution in [3.05, 3.63) is 99.8 Å². The number of nitrogens with one attached hydrogen (secondary N) is 1. The number of fused-ring (bicyclic) bond motifs is 1. The van der Waals surface area contributed by atoms with E-state index in [1.807, 2.05) is 13.8 Å². The van der Waals surface area contributed by atoms with Crippen LogP contribution < -0.4 is 9.46 Å². The molecular weight excluding hydrogens is 623 g/mol.